The number of halogens is 1. The fourth-order valence-corrected chi connectivity index (χ4v) is 4.84. The number of hydrogen-bond donors (Lipinski definition) is 2. The summed E-state index contributed by atoms with van der Waals surface area (Å²) in [7, 11) is -3.79. The molecule has 0 aromatic heterocycles. The minimum atomic E-state index is -3.79. The SMILES string of the molecule is Nc1ccc(F)cc1S(=O)(=O)NC1CCN2CCCCC12. The van der Waals surface area contributed by atoms with E-state index in [0.717, 1.165) is 44.5 Å². The minimum absolute atomic E-state index is 0.0717. The predicted octanol–water partition coefficient (Wildman–Crippen LogP) is 1.31. The molecule has 2 saturated heterocycles. The van der Waals surface area contributed by atoms with Crippen LogP contribution in [0.1, 0.15) is 25.7 Å². The topological polar surface area (TPSA) is 75.4 Å². The van der Waals surface area contributed by atoms with Gasteiger partial charge in [-0.3, -0.25) is 4.90 Å². The van der Waals surface area contributed by atoms with Gasteiger partial charge in [0.15, 0.2) is 0 Å². The Morgan fingerprint density at radius 3 is 2.86 bits per heavy atom. The molecule has 2 aliphatic heterocycles. The molecule has 5 nitrogen and oxygen atoms in total. The molecular formula is C14H20FN3O2S. The van der Waals surface area contributed by atoms with E-state index < -0.39 is 15.8 Å². The lowest BCUT2D eigenvalue weighted by Gasteiger charge is -2.32. The second kappa shape index (κ2) is 5.55. The highest BCUT2D eigenvalue weighted by Crippen LogP contribution is 2.29. The van der Waals surface area contributed by atoms with Gasteiger partial charge in [-0.1, -0.05) is 6.42 Å². The number of fused-ring (bicyclic) bond motifs is 1. The van der Waals surface area contributed by atoms with Crippen LogP contribution in [0.4, 0.5) is 10.1 Å². The average molecular weight is 313 g/mol. The molecule has 7 heteroatoms. The molecule has 3 rings (SSSR count). The Labute approximate surface area is 124 Å². The van der Waals surface area contributed by atoms with E-state index in [1.807, 2.05) is 0 Å². The standard InChI is InChI=1S/C14H20FN3O2S/c15-10-4-5-11(16)14(9-10)21(19,20)17-12-6-8-18-7-2-1-3-13(12)18/h4-5,9,12-13,17H,1-3,6-8,16H2. The summed E-state index contributed by atoms with van der Waals surface area (Å²) in [6.07, 6.45) is 4.10. The molecule has 21 heavy (non-hydrogen) atoms. The van der Waals surface area contributed by atoms with Crippen LogP contribution < -0.4 is 10.5 Å². The van der Waals surface area contributed by atoms with Gasteiger partial charge >= 0.3 is 0 Å². The largest absolute Gasteiger partial charge is 0.398 e. The third kappa shape index (κ3) is 2.90. The van der Waals surface area contributed by atoms with Gasteiger partial charge < -0.3 is 5.73 Å². The van der Waals surface area contributed by atoms with Crippen LogP contribution in [-0.2, 0) is 10.0 Å². The van der Waals surface area contributed by atoms with Gasteiger partial charge in [0, 0.05) is 18.6 Å². The van der Waals surface area contributed by atoms with Gasteiger partial charge in [-0.2, -0.15) is 0 Å². The summed E-state index contributed by atoms with van der Waals surface area (Å²) in [6, 6.07) is 3.56. The third-order valence-corrected chi connectivity index (χ3v) is 5.97. The summed E-state index contributed by atoms with van der Waals surface area (Å²) < 4.78 is 40.9. The van der Waals surface area contributed by atoms with Gasteiger partial charge in [0.25, 0.3) is 0 Å². The molecule has 116 valence electrons. The van der Waals surface area contributed by atoms with E-state index in [9.17, 15) is 12.8 Å². The Morgan fingerprint density at radius 2 is 2.05 bits per heavy atom. The first-order valence-electron chi connectivity index (χ1n) is 7.29. The van der Waals surface area contributed by atoms with Crippen molar-refractivity contribution in [1.29, 1.82) is 0 Å². The van der Waals surface area contributed by atoms with Crippen molar-refractivity contribution in [2.45, 2.75) is 42.7 Å². The molecule has 2 fully saturated rings. The molecule has 1 aromatic carbocycles. The second-order valence-electron chi connectivity index (χ2n) is 5.80. The number of nitrogens with two attached hydrogens (primary N) is 1. The number of benzene rings is 1. The van der Waals surface area contributed by atoms with Crippen LogP contribution in [0, 0.1) is 5.82 Å². The highest BCUT2D eigenvalue weighted by atomic mass is 32.2. The summed E-state index contributed by atoms with van der Waals surface area (Å²) >= 11 is 0. The average Bonchev–Trinajstić information content (AvgIpc) is 2.84. The lowest BCUT2D eigenvalue weighted by atomic mass is 10.00. The summed E-state index contributed by atoms with van der Waals surface area (Å²) in [5, 5.41) is 0. The summed E-state index contributed by atoms with van der Waals surface area (Å²) in [5.74, 6) is -0.602. The van der Waals surface area contributed by atoms with E-state index in [4.69, 9.17) is 5.73 Å². The quantitative estimate of drug-likeness (QED) is 0.825. The van der Waals surface area contributed by atoms with E-state index in [1.54, 1.807) is 0 Å². The summed E-state index contributed by atoms with van der Waals surface area (Å²) in [4.78, 5) is 2.17. The zero-order valence-electron chi connectivity index (χ0n) is 11.8. The van der Waals surface area contributed by atoms with Crippen LogP contribution >= 0.6 is 0 Å². The van der Waals surface area contributed by atoms with Crippen molar-refractivity contribution in [2.75, 3.05) is 18.8 Å². The molecule has 0 spiro atoms. The number of hydrogen-bond acceptors (Lipinski definition) is 4. The van der Waals surface area contributed by atoms with Crippen LogP contribution in [0.3, 0.4) is 0 Å². The molecule has 2 unspecified atom stereocenters. The lowest BCUT2D eigenvalue weighted by Crippen LogP contribution is -2.46. The first-order chi connectivity index (χ1) is 9.97. The van der Waals surface area contributed by atoms with Crippen LogP contribution in [0.25, 0.3) is 0 Å². The lowest BCUT2D eigenvalue weighted by molar-refractivity contribution is 0.186. The number of sulfonamides is 1. The molecule has 0 saturated carbocycles. The molecule has 0 amide bonds. The number of nitrogen functional groups attached to an aromatic ring is 1. The fourth-order valence-electron chi connectivity index (χ4n) is 3.39. The van der Waals surface area contributed by atoms with Crippen molar-refractivity contribution in [3.05, 3.63) is 24.0 Å². The smallest absolute Gasteiger partial charge is 0.243 e. The van der Waals surface area contributed by atoms with Crippen LogP contribution in [0.5, 0.6) is 0 Å². The Kier molecular flexibility index (Phi) is 3.90. The number of nitrogens with one attached hydrogen (secondary N) is 1. The maximum atomic E-state index is 13.3. The van der Waals surface area contributed by atoms with E-state index in [-0.39, 0.29) is 22.7 Å². The van der Waals surface area contributed by atoms with Gasteiger partial charge in [-0.25, -0.2) is 17.5 Å². The monoisotopic (exact) mass is 313 g/mol. The van der Waals surface area contributed by atoms with E-state index in [1.165, 1.54) is 12.5 Å². The molecule has 2 aliphatic rings. The Bertz CT molecular complexity index is 635. The molecule has 1 aromatic rings. The molecule has 3 N–H and O–H groups in total. The highest BCUT2D eigenvalue weighted by molar-refractivity contribution is 7.89. The van der Waals surface area contributed by atoms with Crippen molar-refractivity contribution < 1.29 is 12.8 Å². The predicted molar refractivity (Wildman–Crippen MR) is 78.8 cm³/mol. The van der Waals surface area contributed by atoms with Crippen molar-refractivity contribution in [3.63, 3.8) is 0 Å². The third-order valence-electron chi connectivity index (χ3n) is 4.43. The number of piperidine rings is 1. The zero-order chi connectivity index (χ0) is 15.0. The van der Waals surface area contributed by atoms with Gasteiger partial charge in [0.2, 0.25) is 10.0 Å². The normalized spacial score (nSPS) is 26.7. The van der Waals surface area contributed by atoms with Crippen LogP contribution in [-0.4, -0.2) is 38.5 Å². The van der Waals surface area contributed by atoms with E-state index >= 15 is 0 Å². The Hall–Kier alpha value is -1.18. The van der Waals surface area contributed by atoms with Gasteiger partial charge in [0.05, 0.1) is 5.69 Å². The van der Waals surface area contributed by atoms with Gasteiger partial charge in [0.1, 0.15) is 10.7 Å². The number of rotatable bonds is 3. The zero-order valence-corrected chi connectivity index (χ0v) is 12.6. The highest BCUT2D eigenvalue weighted by Gasteiger charge is 2.38. The van der Waals surface area contributed by atoms with Gasteiger partial charge in [-0.05, 0) is 44.0 Å². The summed E-state index contributed by atoms with van der Waals surface area (Å²) in [6.45, 7) is 1.95. The minimum Gasteiger partial charge on any atom is -0.398 e. The maximum Gasteiger partial charge on any atom is 0.243 e. The number of anilines is 1. The van der Waals surface area contributed by atoms with Crippen molar-refractivity contribution in [3.8, 4) is 0 Å². The van der Waals surface area contributed by atoms with E-state index in [2.05, 4.69) is 9.62 Å². The molecular weight excluding hydrogens is 293 g/mol. The molecule has 2 heterocycles. The molecule has 0 aliphatic carbocycles. The van der Waals surface area contributed by atoms with Crippen LogP contribution in [0.2, 0.25) is 0 Å². The first kappa shape index (κ1) is 14.7. The maximum absolute atomic E-state index is 13.3. The fraction of sp³-hybridized carbons (Fsp3) is 0.571. The molecule has 0 bridgehead atoms. The molecule has 2 atom stereocenters. The first-order valence-corrected chi connectivity index (χ1v) is 8.77. The van der Waals surface area contributed by atoms with Crippen molar-refractivity contribution >= 4 is 15.7 Å². The summed E-state index contributed by atoms with van der Waals surface area (Å²) in [5.41, 5.74) is 5.76. The Balaban J connectivity index is 1.81. The van der Waals surface area contributed by atoms with Crippen LogP contribution in [0.15, 0.2) is 23.1 Å². The number of nitrogens with zero attached hydrogens (tertiary/aromatic N) is 1. The van der Waals surface area contributed by atoms with Crippen molar-refractivity contribution in [2.24, 2.45) is 0 Å². The van der Waals surface area contributed by atoms with Gasteiger partial charge in [-0.15, -0.1) is 0 Å². The Morgan fingerprint density at radius 1 is 1.24 bits per heavy atom. The molecule has 0 radical (unpaired) electrons. The second-order valence-corrected chi connectivity index (χ2v) is 7.48. The van der Waals surface area contributed by atoms with Crippen molar-refractivity contribution in [1.82, 2.24) is 9.62 Å². The van der Waals surface area contributed by atoms with E-state index in [0.29, 0.717) is 0 Å².